The van der Waals surface area contributed by atoms with E-state index in [0.29, 0.717) is 11.6 Å². The van der Waals surface area contributed by atoms with Crippen molar-refractivity contribution in [2.75, 3.05) is 25.7 Å². The van der Waals surface area contributed by atoms with Crippen LogP contribution in [0.1, 0.15) is 19.4 Å². The van der Waals surface area contributed by atoms with Crippen molar-refractivity contribution in [2.24, 2.45) is 5.10 Å². The van der Waals surface area contributed by atoms with E-state index >= 15 is 0 Å². The molecular weight excluding hydrogens is 458 g/mol. The minimum Gasteiger partial charge on any atom is -0.490 e. The number of nitro benzene ring substituents is 3. The van der Waals surface area contributed by atoms with Crippen LogP contribution in [0.5, 0.6) is 11.5 Å². The highest BCUT2D eigenvalue weighted by molar-refractivity contribution is 6.00. The molecule has 0 radical (unpaired) electrons. The second-order valence-electron chi connectivity index (χ2n) is 6.40. The molecule has 15 heteroatoms. The van der Waals surface area contributed by atoms with Crippen molar-refractivity contribution >= 4 is 34.4 Å². The molecule has 0 bridgehead atoms. The Hall–Kier alpha value is -4.82. The predicted octanol–water partition coefficient (Wildman–Crippen LogP) is 3.20. The number of ether oxygens (including phenoxy) is 3. The number of hydrogen-bond donors (Lipinski definition) is 1. The van der Waals surface area contributed by atoms with Crippen molar-refractivity contribution in [3.63, 3.8) is 0 Å². The molecule has 0 unspecified atom stereocenters. The fourth-order valence-corrected chi connectivity index (χ4v) is 2.66. The molecule has 0 saturated heterocycles. The number of hydrogen-bond acceptors (Lipinski definition) is 12. The van der Waals surface area contributed by atoms with Gasteiger partial charge in [-0.1, -0.05) is 0 Å². The van der Waals surface area contributed by atoms with Gasteiger partial charge in [-0.3, -0.25) is 35.8 Å². The van der Waals surface area contributed by atoms with Crippen LogP contribution in [0.15, 0.2) is 35.4 Å². The first kappa shape index (κ1) is 25.4. The zero-order valence-electron chi connectivity index (χ0n) is 18.2. The molecule has 0 amide bonds. The van der Waals surface area contributed by atoms with E-state index in [0.717, 1.165) is 6.07 Å². The van der Waals surface area contributed by atoms with E-state index in [1.165, 1.54) is 32.2 Å². The highest BCUT2D eigenvalue weighted by Gasteiger charge is 2.26. The summed E-state index contributed by atoms with van der Waals surface area (Å²) in [6.45, 7) is 2.44. The Morgan fingerprint density at radius 3 is 2.15 bits per heavy atom. The second-order valence-corrected chi connectivity index (χ2v) is 6.40. The van der Waals surface area contributed by atoms with Crippen molar-refractivity contribution < 1.29 is 33.8 Å². The van der Waals surface area contributed by atoms with E-state index < -0.39 is 44.5 Å². The molecule has 2 aromatic carbocycles. The molecule has 2 aromatic rings. The molecule has 15 nitrogen and oxygen atoms in total. The third-order valence-corrected chi connectivity index (χ3v) is 4.26. The minimum atomic E-state index is -0.901. The lowest BCUT2D eigenvalue weighted by molar-refractivity contribution is -0.394. The average Bonchev–Trinajstić information content (AvgIpc) is 2.80. The summed E-state index contributed by atoms with van der Waals surface area (Å²) >= 11 is 0. The van der Waals surface area contributed by atoms with E-state index in [9.17, 15) is 35.1 Å². The van der Waals surface area contributed by atoms with Crippen LogP contribution < -0.4 is 14.9 Å². The Bertz CT molecular complexity index is 1160. The van der Waals surface area contributed by atoms with Gasteiger partial charge in [-0.2, -0.15) is 5.10 Å². The molecule has 0 aliphatic rings. The minimum absolute atomic E-state index is 0.0314. The molecule has 1 N–H and O–H groups in total. The molecule has 2 rings (SSSR count). The van der Waals surface area contributed by atoms with Crippen LogP contribution in [0.4, 0.5) is 22.7 Å². The Morgan fingerprint density at radius 2 is 1.59 bits per heavy atom. The van der Waals surface area contributed by atoms with Gasteiger partial charge in [0.2, 0.25) is 0 Å². The van der Waals surface area contributed by atoms with Crippen molar-refractivity contribution in [3.8, 4) is 11.5 Å². The van der Waals surface area contributed by atoms with Crippen LogP contribution in [-0.4, -0.2) is 46.8 Å². The number of nitrogens with one attached hydrogen (secondary N) is 1. The van der Waals surface area contributed by atoms with Crippen LogP contribution in [0.2, 0.25) is 0 Å². The number of rotatable bonds is 11. The lowest BCUT2D eigenvalue weighted by atomic mass is 10.1. The van der Waals surface area contributed by atoms with E-state index in [-0.39, 0.29) is 29.4 Å². The third-order valence-electron chi connectivity index (χ3n) is 4.26. The summed E-state index contributed by atoms with van der Waals surface area (Å²) in [5, 5.41) is 38.0. The van der Waals surface area contributed by atoms with Crippen LogP contribution in [0, 0.1) is 30.3 Å². The monoisotopic (exact) mass is 477 g/mol. The summed E-state index contributed by atoms with van der Waals surface area (Å²) in [6, 6.07) is 5.67. The summed E-state index contributed by atoms with van der Waals surface area (Å²) in [5.74, 6) is -1.19. The summed E-state index contributed by atoms with van der Waals surface area (Å²) in [7, 11) is 1.28. The van der Waals surface area contributed by atoms with Crippen molar-refractivity contribution in [3.05, 3.63) is 66.2 Å². The first-order valence-corrected chi connectivity index (χ1v) is 9.47. The molecule has 0 saturated carbocycles. The highest BCUT2D eigenvalue weighted by atomic mass is 16.6. The van der Waals surface area contributed by atoms with E-state index in [1.807, 2.05) is 0 Å². The normalized spacial score (nSPS) is 10.9. The van der Waals surface area contributed by atoms with Crippen LogP contribution in [0.3, 0.4) is 0 Å². The first-order valence-electron chi connectivity index (χ1n) is 9.47. The van der Waals surface area contributed by atoms with Crippen LogP contribution in [-0.2, 0) is 9.53 Å². The van der Waals surface area contributed by atoms with Gasteiger partial charge in [-0.05, 0) is 26.0 Å². The maximum absolute atomic E-state index is 11.5. The fraction of sp³-hybridized carbons (Fsp3) is 0.263. The second kappa shape index (κ2) is 11.2. The smallest absolute Gasteiger partial charge is 0.344 e. The molecule has 0 atom stereocenters. The molecule has 0 spiro atoms. The molecular formula is C19H19N5O10. The maximum Gasteiger partial charge on any atom is 0.344 e. The quantitative estimate of drug-likeness (QED) is 0.216. The molecule has 0 aromatic heterocycles. The number of nitro groups is 3. The number of methoxy groups -OCH3 is 1. The predicted molar refractivity (Wildman–Crippen MR) is 117 cm³/mol. The molecule has 0 heterocycles. The standard InChI is InChI=1S/C19H19N5O10/c1-4-33-19(25)10-34-18-8-13(14(22(26)27)9-16(18)24(30)31)21-20-11(2)12-5-6-17(32-3)15(7-12)23(28)29/h5-9,21H,4,10H2,1-3H3/b20-11-. The van der Waals surface area contributed by atoms with Gasteiger partial charge >= 0.3 is 23.0 Å². The number of benzene rings is 2. The average molecular weight is 477 g/mol. The van der Waals surface area contributed by atoms with Crippen molar-refractivity contribution in [2.45, 2.75) is 13.8 Å². The lowest BCUT2D eigenvalue weighted by Gasteiger charge is -2.10. The Kier molecular flexibility index (Phi) is 8.35. The van der Waals surface area contributed by atoms with E-state index in [2.05, 4.69) is 10.5 Å². The Labute approximate surface area is 191 Å². The topological polar surface area (TPSA) is 199 Å². The van der Waals surface area contributed by atoms with Gasteiger partial charge in [0.1, 0.15) is 11.8 Å². The zero-order chi connectivity index (χ0) is 25.4. The van der Waals surface area contributed by atoms with Gasteiger partial charge in [0.15, 0.2) is 18.1 Å². The van der Waals surface area contributed by atoms with Gasteiger partial charge in [0.25, 0.3) is 0 Å². The van der Waals surface area contributed by atoms with Crippen molar-refractivity contribution in [1.82, 2.24) is 0 Å². The highest BCUT2D eigenvalue weighted by Crippen LogP contribution is 2.38. The summed E-state index contributed by atoms with van der Waals surface area (Å²) < 4.78 is 14.8. The molecule has 0 aliphatic heterocycles. The van der Waals surface area contributed by atoms with Gasteiger partial charge < -0.3 is 14.2 Å². The van der Waals surface area contributed by atoms with Gasteiger partial charge in [-0.25, -0.2) is 4.79 Å². The van der Waals surface area contributed by atoms with Gasteiger partial charge in [0, 0.05) is 17.7 Å². The number of hydrazone groups is 1. The number of nitrogens with zero attached hydrogens (tertiary/aromatic N) is 4. The molecule has 0 fully saturated rings. The molecule has 180 valence electrons. The third kappa shape index (κ3) is 6.12. The van der Waals surface area contributed by atoms with Crippen LogP contribution >= 0.6 is 0 Å². The zero-order valence-corrected chi connectivity index (χ0v) is 18.2. The maximum atomic E-state index is 11.5. The summed E-state index contributed by atoms with van der Waals surface area (Å²) in [4.78, 5) is 43.1. The summed E-state index contributed by atoms with van der Waals surface area (Å²) in [6.07, 6.45) is 0. The van der Waals surface area contributed by atoms with E-state index in [1.54, 1.807) is 6.92 Å². The number of anilines is 1. The van der Waals surface area contributed by atoms with Crippen LogP contribution in [0.25, 0.3) is 0 Å². The largest absolute Gasteiger partial charge is 0.490 e. The fourth-order valence-electron chi connectivity index (χ4n) is 2.66. The lowest BCUT2D eigenvalue weighted by Crippen LogP contribution is -2.15. The Morgan fingerprint density at radius 1 is 0.971 bits per heavy atom. The molecule has 34 heavy (non-hydrogen) atoms. The number of carbonyl (C=O) groups excluding carboxylic acids is 1. The molecule has 0 aliphatic carbocycles. The number of carbonyl (C=O) groups is 1. The van der Waals surface area contributed by atoms with Gasteiger partial charge in [-0.15, -0.1) is 0 Å². The number of esters is 1. The van der Waals surface area contributed by atoms with E-state index in [4.69, 9.17) is 14.2 Å². The summed E-state index contributed by atoms with van der Waals surface area (Å²) in [5.41, 5.74) is 0.901. The first-order chi connectivity index (χ1) is 16.1. The van der Waals surface area contributed by atoms with Crippen molar-refractivity contribution in [1.29, 1.82) is 0 Å². The van der Waals surface area contributed by atoms with Gasteiger partial charge in [0.05, 0.1) is 34.2 Å². The Balaban J connectivity index is 2.44. The SMILES string of the molecule is CCOC(=O)COc1cc(N/N=C(/C)c2ccc(OC)c([N+](=O)[O-])c2)c([N+](=O)[O-])cc1[N+](=O)[O-].